The average molecular weight is 1330 g/mol. The van der Waals surface area contributed by atoms with E-state index in [2.05, 4.69) is 24.7 Å². The van der Waals surface area contributed by atoms with E-state index in [9.17, 15) is 51.1 Å². The van der Waals surface area contributed by atoms with Crippen LogP contribution in [0, 0.1) is 34.6 Å². The first-order valence-electron chi connectivity index (χ1n) is 26.9. The van der Waals surface area contributed by atoms with E-state index in [4.69, 9.17) is 81.5 Å². The molecule has 0 aliphatic rings. The number of aromatic carboxylic acids is 1. The number of nitrogens with two attached hydrogens (primary N) is 1. The van der Waals surface area contributed by atoms with Gasteiger partial charge in [-0.15, -0.1) is 0 Å². The van der Waals surface area contributed by atoms with E-state index in [1.807, 2.05) is 20.8 Å². The predicted molar refractivity (Wildman–Crippen MR) is 324 cm³/mol. The number of nitriles is 1. The monoisotopic (exact) mass is 1320 g/mol. The zero-order valence-corrected chi connectivity index (χ0v) is 55.0. The quantitative estimate of drug-likeness (QED) is 0.0483. The molecule has 4 aromatic rings. The lowest BCUT2D eigenvalue weighted by molar-refractivity contribution is 0.0566. The highest BCUT2D eigenvalue weighted by Crippen LogP contribution is 2.30. The molecule has 0 saturated heterocycles. The maximum atomic E-state index is 14.3. The number of esters is 1. The van der Waals surface area contributed by atoms with Crippen LogP contribution in [-0.2, 0) is 23.7 Å². The van der Waals surface area contributed by atoms with E-state index in [0.29, 0.717) is 25.7 Å². The second-order valence-corrected chi connectivity index (χ2v) is 23.8. The second kappa shape index (κ2) is 34.3. The van der Waals surface area contributed by atoms with Crippen LogP contribution in [0.3, 0.4) is 0 Å². The van der Waals surface area contributed by atoms with Crippen LogP contribution in [0.2, 0.25) is 20.6 Å². The number of carbonyl (C=O) groups excluding carboxylic acids is 6. The van der Waals surface area contributed by atoms with Crippen LogP contribution < -0.4 is 25.3 Å². The highest BCUT2D eigenvalue weighted by molar-refractivity contribution is 6.33. The molecule has 0 radical (unpaired) electrons. The number of methoxy groups -OCH3 is 1. The summed E-state index contributed by atoms with van der Waals surface area (Å²) in [6.07, 6.45) is -0.768. The van der Waals surface area contributed by atoms with Crippen molar-refractivity contribution in [3.8, 4) is 6.07 Å². The number of nitrogens with zero attached hydrogens (tertiary/aromatic N) is 9. The molecule has 0 aliphatic carbocycles. The lowest BCUT2D eigenvalue weighted by Crippen LogP contribution is -2.38. The van der Waals surface area contributed by atoms with Gasteiger partial charge in [-0.2, -0.15) is 5.26 Å². The third-order valence-electron chi connectivity index (χ3n) is 9.93. The number of carboxylic acid groups (broad SMARTS) is 1. The number of ether oxygens (including phenoxy) is 5. The van der Waals surface area contributed by atoms with E-state index < -0.39 is 98.6 Å². The number of carbonyl (C=O) groups is 7. The van der Waals surface area contributed by atoms with Gasteiger partial charge in [-0.3, -0.25) is 24.4 Å². The van der Waals surface area contributed by atoms with E-state index in [1.54, 1.807) is 96.1 Å². The molecular weight excluding hydrogens is 1250 g/mol. The van der Waals surface area contributed by atoms with Gasteiger partial charge in [0, 0.05) is 26.2 Å². The molecule has 0 aromatic carbocycles. The van der Waals surface area contributed by atoms with Gasteiger partial charge in [-0.05, 0) is 133 Å². The number of primary amides is 1. The molecule has 5 amide bonds. The van der Waals surface area contributed by atoms with Crippen LogP contribution in [0.5, 0.6) is 0 Å². The van der Waals surface area contributed by atoms with Crippen molar-refractivity contribution in [3.05, 3.63) is 90.4 Å². The number of carboxylic acids is 1. The normalized spacial score (nSPS) is 11.1. The van der Waals surface area contributed by atoms with Gasteiger partial charge in [0.1, 0.15) is 54.6 Å². The summed E-state index contributed by atoms with van der Waals surface area (Å²) in [4.78, 5) is 102. The minimum Gasteiger partial charge on any atom is -0.478 e. The molecule has 0 spiro atoms. The van der Waals surface area contributed by atoms with Gasteiger partial charge in [0.15, 0.2) is 46.5 Å². The molecule has 4 aromatic heterocycles. The van der Waals surface area contributed by atoms with Crippen molar-refractivity contribution < 1.29 is 79.9 Å². The first-order chi connectivity index (χ1) is 40.4. The van der Waals surface area contributed by atoms with Crippen molar-refractivity contribution in [2.45, 2.75) is 159 Å². The fourth-order valence-electron chi connectivity index (χ4n) is 6.54. The Morgan fingerprint density at radius 1 is 0.489 bits per heavy atom. The minimum atomic E-state index is -1.40. The topological polar surface area (TPSA) is 300 Å². The Bertz CT molecular complexity index is 3080. The molecule has 31 heteroatoms. The summed E-state index contributed by atoms with van der Waals surface area (Å²) in [5.41, 5.74) is 1.11. The van der Waals surface area contributed by atoms with Crippen molar-refractivity contribution >= 4 is 112 Å². The highest BCUT2D eigenvalue weighted by Gasteiger charge is 2.32. The first-order valence-corrected chi connectivity index (χ1v) is 28.4. The lowest BCUT2D eigenvalue weighted by atomic mass is 10.2. The molecule has 88 heavy (non-hydrogen) atoms. The van der Waals surface area contributed by atoms with Crippen molar-refractivity contribution in [1.29, 1.82) is 5.26 Å². The molecule has 4 heterocycles. The van der Waals surface area contributed by atoms with Crippen LogP contribution in [-0.4, -0.2) is 123 Å². The molecule has 4 rings (SSSR count). The van der Waals surface area contributed by atoms with Gasteiger partial charge in [-0.1, -0.05) is 74.1 Å². The summed E-state index contributed by atoms with van der Waals surface area (Å²) < 4.78 is 82.1. The minimum absolute atomic E-state index is 0.0847. The van der Waals surface area contributed by atoms with Crippen LogP contribution >= 0.6 is 46.4 Å². The summed E-state index contributed by atoms with van der Waals surface area (Å²) >= 11 is 23.3. The summed E-state index contributed by atoms with van der Waals surface area (Å²) in [5.74, 6) is -7.80. The number of anilines is 4. The van der Waals surface area contributed by atoms with Gasteiger partial charge in [0.2, 0.25) is 0 Å². The third-order valence-corrected chi connectivity index (χ3v) is 11.1. The Balaban J connectivity index is 0.000000587. The standard InChI is InChI=1S/C15H20ClFN2O4.C14H19ClFN3O3.C14H17ClFN3O2.C14H18ClFN2O4/c1-6-7-19(14(21)23-15(2,3)4)12-10(17)8-9(11(16)18-12)13(20)22-5;1-5-6-19(13(21)22-14(2,3)4)12-9(16)7-8(11(17)20)10(15)18-12;1-5-6-19(13(20)21-14(2,3)4)12-10(16)7-9(8-17)11(15)18-12;1-5-6-18(13(21)22-14(2,3)4)11-9(16)7-8(12(19)20)10(15)17-11/h8H,6-7H2,1-5H3;7H,5-6H2,1-4H3,(H2,17,20);7H,5-6H2,1-4H3;7H,5-6H2,1-4H3,(H,19,20). The molecule has 0 atom stereocenters. The van der Waals surface area contributed by atoms with Crippen molar-refractivity contribution in [1.82, 2.24) is 19.9 Å². The Morgan fingerprint density at radius 3 is 0.989 bits per heavy atom. The number of amides is 5. The number of aromatic nitrogens is 4. The number of pyridine rings is 4. The van der Waals surface area contributed by atoms with Gasteiger partial charge in [0.05, 0.1) is 23.8 Å². The second-order valence-electron chi connectivity index (χ2n) is 22.3. The molecule has 0 unspecified atom stereocenters. The maximum Gasteiger partial charge on any atom is 0.416 e. The van der Waals surface area contributed by atoms with Crippen LogP contribution in [0.4, 0.5) is 60.0 Å². The van der Waals surface area contributed by atoms with Gasteiger partial charge < -0.3 is 34.5 Å². The van der Waals surface area contributed by atoms with E-state index >= 15 is 0 Å². The van der Waals surface area contributed by atoms with E-state index in [0.717, 1.165) is 51.0 Å². The summed E-state index contributed by atoms with van der Waals surface area (Å²) in [7, 11) is 1.15. The van der Waals surface area contributed by atoms with Crippen molar-refractivity contribution in [2.24, 2.45) is 5.73 Å². The Kier molecular flexibility index (Phi) is 30.6. The average Bonchev–Trinajstić information content (AvgIpc) is 2.01. The van der Waals surface area contributed by atoms with Gasteiger partial charge in [0.25, 0.3) is 5.91 Å². The molecule has 23 nitrogen and oxygen atoms in total. The molecule has 3 N–H and O–H groups in total. The molecule has 0 bridgehead atoms. The summed E-state index contributed by atoms with van der Waals surface area (Å²) in [6.45, 7) is 28.4. The van der Waals surface area contributed by atoms with Crippen molar-refractivity contribution in [3.63, 3.8) is 0 Å². The zero-order valence-electron chi connectivity index (χ0n) is 51.9. The largest absolute Gasteiger partial charge is 0.478 e. The Hall–Kier alpha value is -7.54. The number of hydrogen-bond donors (Lipinski definition) is 2. The Morgan fingerprint density at radius 2 is 0.739 bits per heavy atom. The molecular formula is C57H74Cl4F4N10O13. The number of rotatable bonds is 15. The first kappa shape index (κ1) is 78.5. The molecule has 0 fully saturated rings. The summed E-state index contributed by atoms with van der Waals surface area (Å²) in [5, 5.41) is 16.6. The SMILES string of the molecule is CCCN(C(=O)OC(C)(C)C)c1nc(Cl)c(C#N)cc1F.CCCN(C(=O)OC(C)(C)C)c1nc(Cl)c(C(=O)O)cc1F.CCCN(C(=O)OC(C)(C)C)c1nc(Cl)c(C(=O)OC)cc1F.CCCN(C(=O)OC(C)(C)C)c1nc(Cl)c(C(N)=O)cc1F. The molecule has 486 valence electrons. The summed E-state index contributed by atoms with van der Waals surface area (Å²) in [6, 6.07) is 5.18. The molecule has 0 saturated carbocycles. The smallest absolute Gasteiger partial charge is 0.416 e. The number of halogens is 8. The van der Waals surface area contributed by atoms with Crippen LogP contribution in [0.15, 0.2) is 24.3 Å². The Labute approximate surface area is 528 Å². The maximum absolute atomic E-state index is 14.3. The number of hydrogen-bond acceptors (Lipinski definition) is 17. The fraction of sp³-hybridized carbons (Fsp3) is 0.509. The van der Waals surface area contributed by atoms with Gasteiger partial charge >= 0.3 is 36.3 Å². The van der Waals surface area contributed by atoms with Crippen LogP contribution in [0.1, 0.15) is 173 Å². The third kappa shape index (κ3) is 25.3. The fourth-order valence-corrected chi connectivity index (χ4v) is 7.37. The highest BCUT2D eigenvalue weighted by atomic mass is 35.5. The van der Waals surface area contributed by atoms with E-state index in [1.165, 1.54) is 0 Å². The van der Waals surface area contributed by atoms with E-state index in [-0.39, 0.29) is 81.6 Å². The lowest BCUT2D eigenvalue weighted by Gasteiger charge is -2.27. The van der Waals surface area contributed by atoms with Gasteiger partial charge in [-0.25, -0.2) is 66.3 Å². The van der Waals surface area contributed by atoms with Crippen LogP contribution in [0.25, 0.3) is 0 Å². The molecule has 0 aliphatic heterocycles. The predicted octanol–water partition coefficient (Wildman–Crippen LogP) is 14.6. The van der Waals surface area contributed by atoms with Crippen molar-refractivity contribution in [2.75, 3.05) is 52.9 Å². The zero-order chi connectivity index (χ0) is 68.1.